The van der Waals surface area contributed by atoms with Crippen LogP contribution in [0.5, 0.6) is 5.75 Å². The van der Waals surface area contributed by atoms with Crippen molar-refractivity contribution < 1.29 is 9.47 Å². The van der Waals surface area contributed by atoms with Crippen LogP contribution in [0, 0.1) is 0 Å². The molecule has 0 radical (unpaired) electrons. The Bertz CT molecular complexity index is 1220. The Morgan fingerprint density at radius 3 is 2.42 bits per heavy atom. The fraction of sp³-hybridized carbons (Fsp3) is 0.208. The molecule has 3 aromatic heterocycles. The molecule has 1 aliphatic heterocycles. The third kappa shape index (κ3) is 4.58. The minimum atomic E-state index is 0.551. The summed E-state index contributed by atoms with van der Waals surface area (Å²) in [7, 11) is 1.62. The first kappa shape index (κ1) is 20.8. The Balaban J connectivity index is 1.63. The highest BCUT2D eigenvalue weighted by atomic mass is 16.5. The van der Waals surface area contributed by atoms with Gasteiger partial charge in [0.15, 0.2) is 17.4 Å². The first-order valence-electron chi connectivity index (χ1n) is 10.7. The maximum Gasteiger partial charge on any atom is 0.228 e. The van der Waals surface area contributed by atoms with Crippen LogP contribution in [-0.4, -0.2) is 58.3 Å². The molecule has 33 heavy (non-hydrogen) atoms. The lowest BCUT2D eigenvalue weighted by molar-refractivity contribution is 0.122. The van der Waals surface area contributed by atoms with Crippen LogP contribution in [0.25, 0.3) is 22.6 Å². The molecule has 9 heteroatoms. The van der Waals surface area contributed by atoms with Gasteiger partial charge >= 0.3 is 0 Å². The summed E-state index contributed by atoms with van der Waals surface area (Å²) in [5.41, 5.74) is 3.31. The van der Waals surface area contributed by atoms with Gasteiger partial charge in [0.2, 0.25) is 5.95 Å². The van der Waals surface area contributed by atoms with Crippen molar-refractivity contribution in [1.29, 1.82) is 0 Å². The van der Waals surface area contributed by atoms with E-state index in [2.05, 4.69) is 25.2 Å². The quantitative estimate of drug-likeness (QED) is 0.481. The van der Waals surface area contributed by atoms with Gasteiger partial charge in [0.05, 0.1) is 20.3 Å². The smallest absolute Gasteiger partial charge is 0.228 e. The van der Waals surface area contributed by atoms with Gasteiger partial charge in [-0.15, -0.1) is 0 Å². The van der Waals surface area contributed by atoms with E-state index in [1.807, 2.05) is 36.4 Å². The van der Waals surface area contributed by atoms with E-state index < -0.39 is 0 Å². The van der Waals surface area contributed by atoms with Crippen molar-refractivity contribution >= 4 is 17.5 Å². The van der Waals surface area contributed by atoms with Crippen molar-refractivity contribution in [3.8, 4) is 28.4 Å². The lowest BCUT2D eigenvalue weighted by Gasteiger charge is -2.28. The molecular weight excluding hydrogens is 418 g/mol. The van der Waals surface area contributed by atoms with Gasteiger partial charge in [-0.1, -0.05) is 18.2 Å². The fourth-order valence-electron chi connectivity index (χ4n) is 3.64. The first-order chi connectivity index (χ1) is 16.3. The minimum Gasteiger partial charge on any atom is -0.491 e. The van der Waals surface area contributed by atoms with Crippen LogP contribution in [0.15, 0.2) is 67.3 Å². The van der Waals surface area contributed by atoms with Crippen LogP contribution in [-0.2, 0) is 4.74 Å². The van der Waals surface area contributed by atoms with Crippen LogP contribution in [0.3, 0.4) is 0 Å². The molecule has 4 heterocycles. The second-order valence-electron chi connectivity index (χ2n) is 7.37. The molecule has 1 aromatic carbocycles. The van der Waals surface area contributed by atoms with Crippen molar-refractivity contribution in [1.82, 2.24) is 24.9 Å². The average Bonchev–Trinajstić information content (AvgIpc) is 2.90. The maximum atomic E-state index is 5.81. The number of rotatable bonds is 6. The van der Waals surface area contributed by atoms with Crippen molar-refractivity contribution in [2.24, 2.45) is 0 Å². The third-order valence-corrected chi connectivity index (χ3v) is 5.25. The number of anilines is 3. The van der Waals surface area contributed by atoms with Gasteiger partial charge in [0.1, 0.15) is 5.69 Å². The molecule has 166 valence electrons. The molecule has 4 aromatic rings. The van der Waals surface area contributed by atoms with E-state index in [9.17, 15) is 0 Å². The van der Waals surface area contributed by atoms with E-state index in [4.69, 9.17) is 19.4 Å². The second-order valence-corrected chi connectivity index (χ2v) is 7.37. The molecule has 1 saturated heterocycles. The zero-order chi connectivity index (χ0) is 22.5. The van der Waals surface area contributed by atoms with E-state index in [0.717, 1.165) is 29.9 Å². The van der Waals surface area contributed by atoms with E-state index in [0.29, 0.717) is 42.2 Å². The van der Waals surface area contributed by atoms with Crippen molar-refractivity contribution in [3.63, 3.8) is 0 Å². The molecule has 0 spiro atoms. The summed E-state index contributed by atoms with van der Waals surface area (Å²) >= 11 is 0. The van der Waals surface area contributed by atoms with Gasteiger partial charge in [-0.05, 0) is 24.3 Å². The molecular formula is C24H23N7O2. The molecule has 0 unspecified atom stereocenters. The highest BCUT2D eigenvalue weighted by molar-refractivity contribution is 5.79. The number of methoxy groups -OCH3 is 1. The number of hydrogen-bond donors (Lipinski definition) is 1. The fourth-order valence-corrected chi connectivity index (χ4v) is 3.64. The number of benzene rings is 1. The lowest BCUT2D eigenvalue weighted by atomic mass is 10.1. The minimum absolute atomic E-state index is 0.551. The lowest BCUT2D eigenvalue weighted by Crippen LogP contribution is -2.37. The van der Waals surface area contributed by atoms with Gasteiger partial charge in [-0.25, -0.2) is 15.0 Å². The molecule has 5 rings (SSSR count). The number of pyridine rings is 1. The van der Waals surface area contributed by atoms with Gasteiger partial charge in [0, 0.05) is 54.7 Å². The van der Waals surface area contributed by atoms with Crippen molar-refractivity contribution in [2.75, 3.05) is 43.6 Å². The number of nitrogens with zero attached hydrogens (tertiary/aromatic N) is 6. The molecule has 0 atom stereocenters. The summed E-state index contributed by atoms with van der Waals surface area (Å²) in [5, 5.41) is 3.36. The van der Waals surface area contributed by atoms with Crippen LogP contribution in [0.1, 0.15) is 0 Å². The highest BCUT2D eigenvalue weighted by Gasteiger charge is 2.22. The van der Waals surface area contributed by atoms with Crippen LogP contribution in [0.4, 0.5) is 17.5 Å². The first-order valence-corrected chi connectivity index (χ1v) is 10.7. The maximum absolute atomic E-state index is 5.81. The summed E-state index contributed by atoms with van der Waals surface area (Å²) in [4.78, 5) is 24.7. The molecule has 0 amide bonds. The summed E-state index contributed by atoms with van der Waals surface area (Å²) in [6.45, 7) is 2.72. The summed E-state index contributed by atoms with van der Waals surface area (Å²) < 4.78 is 11.3. The topological polar surface area (TPSA) is 98.2 Å². The molecule has 1 N–H and O–H groups in total. The van der Waals surface area contributed by atoms with E-state index in [1.54, 1.807) is 38.0 Å². The number of morpholine rings is 1. The Kier molecular flexibility index (Phi) is 6.03. The highest BCUT2D eigenvalue weighted by Crippen LogP contribution is 2.38. The van der Waals surface area contributed by atoms with Gasteiger partial charge < -0.3 is 19.7 Å². The van der Waals surface area contributed by atoms with Gasteiger partial charge in [-0.2, -0.15) is 4.98 Å². The largest absolute Gasteiger partial charge is 0.491 e. The number of hydrogen-bond acceptors (Lipinski definition) is 9. The third-order valence-electron chi connectivity index (χ3n) is 5.25. The predicted octanol–water partition coefficient (Wildman–Crippen LogP) is 3.58. The zero-order valence-corrected chi connectivity index (χ0v) is 18.2. The Labute approximate surface area is 191 Å². The summed E-state index contributed by atoms with van der Waals surface area (Å²) in [6.07, 6.45) is 6.91. The predicted molar refractivity (Wildman–Crippen MR) is 126 cm³/mol. The molecule has 0 aliphatic carbocycles. The SMILES string of the molecule is COc1c(Nc2ccncc2)nc(N2CCOCC2)nc1-c1cccc(-c2ncccn2)c1. The Morgan fingerprint density at radius 2 is 1.67 bits per heavy atom. The van der Waals surface area contributed by atoms with Crippen molar-refractivity contribution in [3.05, 3.63) is 67.3 Å². The summed E-state index contributed by atoms with van der Waals surface area (Å²) in [5.74, 6) is 2.40. The van der Waals surface area contributed by atoms with E-state index in [-0.39, 0.29) is 0 Å². The second kappa shape index (κ2) is 9.58. The van der Waals surface area contributed by atoms with Crippen molar-refractivity contribution in [2.45, 2.75) is 0 Å². The van der Waals surface area contributed by atoms with E-state index in [1.165, 1.54) is 0 Å². The van der Waals surface area contributed by atoms with Crippen LogP contribution in [0.2, 0.25) is 0 Å². The average molecular weight is 441 g/mol. The monoisotopic (exact) mass is 441 g/mol. The molecule has 1 fully saturated rings. The van der Waals surface area contributed by atoms with Gasteiger partial charge in [0.25, 0.3) is 0 Å². The standard InChI is InChI=1S/C24H23N7O2/c1-32-21-20(17-4-2-5-18(16-17)22-26-8-3-9-27-22)29-24(31-12-14-33-15-13-31)30-23(21)28-19-6-10-25-11-7-19/h2-11,16H,12-15H2,1H3,(H,25,28,29,30). The zero-order valence-electron chi connectivity index (χ0n) is 18.2. The summed E-state index contributed by atoms with van der Waals surface area (Å²) in [6, 6.07) is 13.5. The molecule has 9 nitrogen and oxygen atoms in total. The number of aromatic nitrogens is 5. The normalized spacial score (nSPS) is 13.5. The molecule has 1 aliphatic rings. The number of ether oxygens (including phenoxy) is 2. The van der Waals surface area contributed by atoms with Gasteiger partial charge in [-0.3, -0.25) is 4.98 Å². The number of nitrogens with one attached hydrogen (secondary N) is 1. The Hall–Kier alpha value is -4.11. The Morgan fingerprint density at radius 1 is 0.909 bits per heavy atom. The molecule has 0 bridgehead atoms. The van der Waals surface area contributed by atoms with Crippen LogP contribution < -0.4 is 15.0 Å². The molecule has 0 saturated carbocycles. The van der Waals surface area contributed by atoms with Crippen LogP contribution >= 0.6 is 0 Å². The van der Waals surface area contributed by atoms with E-state index >= 15 is 0 Å².